The zero-order chi connectivity index (χ0) is 31.3. The molecule has 6 atom stereocenters. The summed E-state index contributed by atoms with van der Waals surface area (Å²) >= 11 is 17.8. The number of alkyl halides is 2. The highest BCUT2D eigenvalue weighted by molar-refractivity contribution is 9.10. The average molecular weight is 702 g/mol. The Labute approximate surface area is 268 Å². The van der Waals surface area contributed by atoms with Crippen LogP contribution < -0.4 is 9.80 Å². The van der Waals surface area contributed by atoms with Gasteiger partial charge in [0.05, 0.1) is 23.2 Å². The lowest BCUT2D eigenvalue weighted by molar-refractivity contribution is -0.125. The van der Waals surface area contributed by atoms with Crippen LogP contribution in [0.15, 0.2) is 82.9 Å². The molecule has 3 aromatic rings. The van der Waals surface area contributed by atoms with Crippen LogP contribution in [0.25, 0.3) is 0 Å². The lowest BCUT2D eigenvalue weighted by Gasteiger charge is -2.50. The first-order valence-electron chi connectivity index (χ1n) is 13.7. The Balaban J connectivity index is 1.41. The normalized spacial score (nSPS) is 31.2. The first-order valence-corrected chi connectivity index (χ1v) is 15.3. The van der Waals surface area contributed by atoms with Crippen molar-refractivity contribution in [1.82, 2.24) is 0 Å². The number of rotatable bonds is 3. The third-order valence-corrected chi connectivity index (χ3v) is 11.3. The molecule has 0 radical (unpaired) electrons. The van der Waals surface area contributed by atoms with E-state index in [2.05, 4.69) is 15.9 Å². The van der Waals surface area contributed by atoms with E-state index in [4.69, 9.17) is 23.2 Å². The van der Waals surface area contributed by atoms with Crippen LogP contribution in [0.3, 0.4) is 0 Å². The van der Waals surface area contributed by atoms with Gasteiger partial charge in [-0.1, -0.05) is 39.7 Å². The second-order valence-electron chi connectivity index (χ2n) is 11.4. The maximum absolute atomic E-state index is 14.8. The summed E-state index contributed by atoms with van der Waals surface area (Å²) < 4.78 is 29.3. The molecule has 2 heterocycles. The number of carbonyl (C=O) groups is 4. The molecule has 3 fully saturated rings. The number of allylic oxidation sites excluding steroid dienone is 2. The van der Waals surface area contributed by atoms with Gasteiger partial charge in [-0.25, -0.2) is 13.7 Å². The number of anilines is 2. The number of phenols is 1. The van der Waals surface area contributed by atoms with Crippen LogP contribution in [0.5, 0.6) is 5.75 Å². The van der Waals surface area contributed by atoms with Gasteiger partial charge in [-0.15, -0.1) is 23.2 Å². The van der Waals surface area contributed by atoms with Crippen molar-refractivity contribution in [2.45, 2.75) is 28.5 Å². The molecule has 3 aromatic carbocycles. The number of halogens is 5. The molecule has 0 aromatic heterocycles. The second-order valence-corrected chi connectivity index (χ2v) is 13.6. The predicted octanol–water partition coefficient (Wildman–Crippen LogP) is 6.20. The number of amides is 4. The molecule has 7 nitrogen and oxygen atoms in total. The molecule has 0 bridgehead atoms. The van der Waals surface area contributed by atoms with Crippen molar-refractivity contribution >= 4 is 74.1 Å². The molecule has 2 aliphatic heterocycles. The Hall–Kier alpha value is -3.60. The summed E-state index contributed by atoms with van der Waals surface area (Å²) in [6.45, 7) is 0. The highest BCUT2D eigenvalue weighted by Crippen LogP contribution is 2.66. The summed E-state index contributed by atoms with van der Waals surface area (Å²) in [5.74, 6) is -9.13. The minimum absolute atomic E-state index is 0.0152. The Morgan fingerprint density at radius 1 is 0.818 bits per heavy atom. The quantitative estimate of drug-likeness (QED) is 0.199. The fourth-order valence-electron chi connectivity index (χ4n) is 7.35. The molecule has 44 heavy (non-hydrogen) atoms. The summed E-state index contributed by atoms with van der Waals surface area (Å²) in [5.41, 5.74) is 0.694. The van der Waals surface area contributed by atoms with Crippen molar-refractivity contribution in [3.63, 3.8) is 0 Å². The number of hydrogen-bond donors (Lipinski definition) is 1. The monoisotopic (exact) mass is 700 g/mol. The summed E-state index contributed by atoms with van der Waals surface area (Å²) in [4.78, 5) is 53.6. The number of nitrogens with zero attached hydrogens (tertiary/aromatic N) is 2. The number of para-hydroxylation sites is 1. The van der Waals surface area contributed by atoms with Crippen LogP contribution in [0.1, 0.15) is 24.3 Å². The standard InChI is InChI=1S/C32H21BrCl2F2N2O5/c33-15-4-8-17(9-5-15)38-27(41)20-13-12-19-22(24(20)28(38)42)14-31(34)29(43)39(18-10-6-16(36)7-11-18)30(44)32(31,35)25(19)21-2-1-3-23(37)26(21)40/h1-12,20,22,24-25,40H,13-14H2/t20-,22+,24-,25+,31+,32-/m0/s1. The van der Waals surface area contributed by atoms with E-state index in [-0.39, 0.29) is 24.1 Å². The summed E-state index contributed by atoms with van der Waals surface area (Å²) in [5, 5.41) is 10.9. The first kappa shape index (κ1) is 29.1. The molecule has 2 saturated heterocycles. The van der Waals surface area contributed by atoms with E-state index >= 15 is 0 Å². The molecule has 7 rings (SSSR count). The molecule has 224 valence electrons. The summed E-state index contributed by atoms with van der Waals surface area (Å²) in [6, 6.07) is 15.0. The lowest BCUT2D eigenvalue weighted by Crippen LogP contribution is -2.60. The number of imide groups is 2. The van der Waals surface area contributed by atoms with Crippen molar-refractivity contribution < 1.29 is 33.1 Å². The topological polar surface area (TPSA) is 95.0 Å². The van der Waals surface area contributed by atoms with Gasteiger partial charge in [0.1, 0.15) is 5.82 Å². The van der Waals surface area contributed by atoms with E-state index in [1.807, 2.05) is 0 Å². The number of phenolic OH excluding ortho intramolecular Hbond substituents is 1. The van der Waals surface area contributed by atoms with Gasteiger partial charge < -0.3 is 5.11 Å². The maximum atomic E-state index is 14.8. The average Bonchev–Trinajstić information content (AvgIpc) is 3.34. The molecule has 0 spiro atoms. The number of fused-ring (bicyclic) bond motifs is 4. The minimum atomic E-state index is -2.28. The van der Waals surface area contributed by atoms with Gasteiger partial charge in [-0.05, 0) is 73.4 Å². The van der Waals surface area contributed by atoms with Crippen molar-refractivity contribution in [1.29, 1.82) is 0 Å². The van der Waals surface area contributed by atoms with Gasteiger partial charge >= 0.3 is 0 Å². The zero-order valence-electron chi connectivity index (χ0n) is 22.5. The van der Waals surface area contributed by atoms with Crippen LogP contribution in [0.2, 0.25) is 0 Å². The largest absolute Gasteiger partial charge is 0.505 e. The van der Waals surface area contributed by atoms with Gasteiger partial charge in [0.2, 0.25) is 11.8 Å². The van der Waals surface area contributed by atoms with E-state index in [0.29, 0.717) is 11.3 Å². The van der Waals surface area contributed by atoms with Crippen LogP contribution in [-0.4, -0.2) is 38.5 Å². The molecule has 1 N–H and O–H groups in total. The first-order chi connectivity index (χ1) is 20.9. The van der Waals surface area contributed by atoms with Gasteiger partial charge in [0.25, 0.3) is 11.8 Å². The van der Waals surface area contributed by atoms with E-state index in [9.17, 15) is 33.1 Å². The third kappa shape index (κ3) is 3.77. The Bertz CT molecular complexity index is 1820. The van der Waals surface area contributed by atoms with Gasteiger partial charge in [-0.3, -0.25) is 24.1 Å². The number of carbonyl (C=O) groups excluding carboxylic acids is 4. The van der Waals surface area contributed by atoms with Crippen molar-refractivity contribution in [2.75, 3.05) is 9.80 Å². The van der Waals surface area contributed by atoms with Crippen LogP contribution in [-0.2, 0) is 19.2 Å². The lowest BCUT2D eigenvalue weighted by atomic mass is 9.56. The minimum Gasteiger partial charge on any atom is -0.505 e. The molecule has 2 aliphatic carbocycles. The highest BCUT2D eigenvalue weighted by atomic mass is 79.9. The molecule has 12 heteroatoms. The Morgan fingerprint density at radius 2 is 1.45 bits per heavy atom. The highest BCUT2D eigenvalue weighted by Gasteiger charge is 2.77. The predicted molar refractivity (Wildman–Crippen MR) is 161 cm³/mol. The summed E-state index contributed by atoms with van der Waals surface area (Å²) in [7, 11) is 0. The number of hydrogen-bond acceptors (Lipinski definition) is 5. The van der Waals surface area contributed by atoms with Crippen molar-refractivity contribution in [3.05, 3.63) is 100 Å². The van der Waals surface area contributed by atoms with Crippen LogP contribution >= 0.6 is 39.1 Å². The van der Waals surface area contributed by atoms with Crippen molar-refractivity contribution in [3.8, 4) is 5.75 Å². The zero-order valence-corrected chi connectivity index (χ0v) is 25.6. The molecular weight excluding hydrogens is 681 g/mol. The molecule has 1 saturated carbocycles. The fourth-order valence-corrected chi connectivity index (χ4v) is 8.54. The van der Waals surface area contributed by atoms with Gasteiger partial charge in [-0.2, -0.15) is 0 Å². The van der Waals surface area contributed by atoms with E-state index in [0.717, 1.165) is 32.5 Å². The van der Waals surface area contributed by atoms with E-state index < -0.39 is 74.4 Å². The SMILES string of the molecule is O=C1[C@H]2[C@H](CC=C3[C@H]2C[C@@]2(Cl)C(=O)N(c4ccc(F)cc4)C(=O)[C@@]2(Cl)[C@H]3c2cccc(F)c2O)C(=O)N1c1ccc(Br)cc1. The molecular formula is C32H21BrCl2F2N2O5. The maximum Gasteiger partial charge on any atom is 0.258 e. The summed E-state index contributed by atoms with van der Waals surface area (Å²) in [6.07, 6.45) is 1.50. The van der Waals surface area contributed by atoms with Crippen LogP contribution in [0, 0.1) is 29.4 Å². The molecule has 4 aliphatic rings. The third-order valence-electron chi connectivity index (χ3n) is 9.31. The smallest absolute Gasteiger partial charge is 0.258 e. The second kappa shape index (κ2) is 9.95. The Morgan fingerprint density at radius 3 is 2.14 bits per heavy atom. The molecule has 0 unspecified atom stereocenters. The van der Waals surface area contributed by atoms with E-state index in [1.54, 1.807) is 30.3 Å². The van der Waals surface area contributed by atoms with Crippen molar-refractivity contribution in [2.24, 2.45) is 17.8 Å². The van der Waals surface area contributed by atoms with E-state index in [1.165, 1.54) is 24.3 Å². The van der Waals surface area contributed by atoms with Gasteiger partial charge in [0, 0.05) is 16.0 Å². The van der Waals surface area contributed by atoms with Crippen LogP contribution in [0.4, 0.5) is 20.2 Å². The molecule has 4 amide bonds. The fraction of sp³-hybridized carbons (Fsp3) is 0.250. The number of aromatic hydroxyl groups is 1. The number of benzene rings is 3. The Kier molecular flexibility index (Phi) is 6.59. The van der Waals surface area contributed by atoms with Gasteiger partial charge in [0.15, 0.2) is 21.3 Å².